The fourth-order valence-electron chi connectivity index (χ4n) is 13.5. The van der Waals surface area contributed by atoms with Gasteiger partial charge in [-0.05, 0) is 129 Å². The van der Waals surface area contributed by atoms with E-state index in [0.29, 0.717) is 115 Å². The van der Waals surface area contributed by atoms with Crippen LogP contribution in [0.2, 0.25) is 0 Å². The first kappa shape index (κ1) is 38.0. The van der Waals surface area contributed by atoms with Crippen molar-refractivity contribution in [3.8, 4) is 101 Å². The molecule has 19 aromatic rings. The van der Waals surface area contributed by atoms with Crippen LogP contribution >= 0.6 is 0 Å². The molecule has 0 spiro atoms. The number of hydrogen-bond acceptors (Lipinski definition) is 5. The highest BCUT2D eigenvalue weighted by atomic mass is 16.3. The smallest absolute Gasteiger partial charge is 0.212 e. The van der Waals surface area contributed by atoms with Crippen LogP contribution in [-0.2, 0) is 0 Å². The molecule has 0 aliphatic heterocycles. The molecule has 0 atom stereocenters. The van der Waals surface area contributed by atoms with Gasteiger partial charge < -0.3 is 18.0 Å². The van der Waals surface area contributed by atoms with Crippen LogP contribution in [0.3, 0.4) is 0 Å². The quantitative estimate of drug-likeness (QED) is 0.128. The Bertz CT molecular complexity index is 7490. The Morgan fingerprint density at radius 2 is 0.677 bits per heavy atom. The standard InChI is InChI=1S/C88H52N6O2/c1-89-72-53-71(88-91-86(59-33-19-7-20-34-59)90-87(92-88)60-35-21-8-22-36-60)82(93-73-43-37-61(54-23-9-2-10-24-54)51-69(73)80-75(93)45-41-65-67-49-63(56-27-13-4-14-28-56)39-47-77(67)95-84(65)80)79(58-31-17-6-18-32-58)83(72)94-74-44-38-62(55-25-11-3-12-26-55)52-70(74)81-76(94)46-42-66-68-50-64(57-29-15-5-16-30-57)40-48-78(68)96-85(66)81/h2-53H/i2D,3D,4D,5D,9D,10D,11D,12D,13D,14D,15D,16D,23D,24D,25D,26D,27D,28D,29D,30D. The molecule has 0 saturated carbocycles. The van der Waals surface area contributed by atoms with E-state index in [1.807, 2.05) is 124 Å². The molecule has 14 aromatic carbocycles. The molecule has 0 fully saturated rings. The zero-order valence-corrected chi connectivity index (χ0v) is 50.0. The van der Waals surface area contributed by atoms with Crippen molar-refractivity contribution in [2.24, 2.45) is 0 Å². The second-order valence-electron chi connectivity index (χ2n) is 23.0. The summed E-state index contributed by atoms with van der Waals surface area (Å²) in [6.45, 7) is 9.70. The van der Waals surface area contributed by atoms with Crippen LogP contribution in [0, 0.1) is 6.57 Å². The van der Waals surface area contributed by atoms with Gasteiger partial charge in [0, 0.05) is 54.6 Å². The fraction of sp³-hybridized carbons (Fsp3) is 0. The molecule has 8 heteroatoms. The van der Waals surface area contributed by atoms with Crippen LogP contribution in [0.4, 0.5) is 5.69 Å². The van der Waals surface area contributed by atoms with E-state index in [0.717, 1.165) is 0 Å². The van der Waals surface area contributed by atoms with E-state index in [9.17, 15) is 12.1 Å². The van der Waals surface area contributed by atoms with Crippen molar-refractivity contribution in [3.63, 3.8) is 0 Å². The van der Waals surface area contributed by atoms with Gasteiger partial charge in [0.25, 0.3) is 0 Å². The van der Waals surface area contributed by atoms with Crippen molar-refractivity contribution >= 4 is 93.2 Å². The van der Waals surface area contributed by atoms with Crippen molar-refractivity contribution in [2.45, 2.75) is 0 Å². The lowest BCUT2D eigenvalue weighted by Crippen LogP contribution is -2.08. The van der Waals surface area contributed by atoms with Gasteiger partial charge in [-0.1, -0.05) is 236 Å². The molecular formula is C88H52N6O2. The molecule has 0 unspecified atom stereocenters. The Balaban J connectivity index is 0.999. The van der Waals surface area contributed by atoms with Crippen LogP contribution in [0.1, 0.15) is 27.4 Å². The molecule has 0 aliphatic carbocycles. The first-order valence-corrected chi connectivity index (χ1v) is 30.5. The van der Waals surface area contributed by atoms with Crippen LogP contribution in [0.25, 0.3) is 194 Å². The van der Waals surface area contributed by atoms with Gasteiger partial charge in [0.15, 0.2) is 17.5 Å². The third kappa shape index (κ3) is 8.72. The van der Waals surface area contributed by atoms with Crippen molar-refractivity contribution in [1.82, 2.24) is 24.1 Å². The fourth-order valence-corrected chi connectivity index (χ4v) is 13.5. The van der Waals surface area contributed by atoms with E-state index in [1.54, 1.807) is 78.9 Å². The molecule has 446 valence electrons. The minimum Gasteiger partial charge on any atom is -0.455 e. The van der Waals surface area contributed by atoms with E-state index in [-0.39, 0.29) is 79.0 Å². The Hall–Kier alpha value is -13.2. The third-order valence-electron chi connectivity index (χ3n) is 17.7. The summed E-state index contributed by atoms with van der Waals surface area (Å²) < 4.78 is 195. The molecule has 5 aromatic heterocycles. The minimum absolute atomic E-state index is 0.0332. The largest absolute Gasteiger partial charge is 0.455 e. The van der Waals surface area contributed by atoms with Crippen molar-refractivity contribution < 1.29 is 36.2 Å². The number of rotatable bonds is 10. The number of fused-ring (bicyclic) bond motifs is 14. The summed E-state index contributed by atoms with van der Waals surface area (Å²) in [5, 5.41) is 3.68. The van der Waals surface area contributed by atoms with Crippen molar-refractivity contribution in [2.75, 3.05) is 0 Å². The molecular weight excluding hydrogens is 1170 g/mol. The second kappa shape index (κ2) is 22.0. The third-order valence-corrected chi connectivity index (χ3v) is 17.7. The predicted octanol–water partition coefficient (Wildman–Crippen LogP) is 23.8. The normalized spacial score (nSPS) is 14.7. The highest BCUT2D eigenvalue weighted by Gasteiger charge is 2.32. The summed E-state index contributed by atoms with van der Waals surface area (Å²) in [5.41, 5.74) is 6.75. The van der Waals surface area contributed by atoms with Gasteiger partial charge in [-0.2, -0.15) is 0 Å². The molecule has 0 saturated heterocycles. The topological polar surface area (TPSA) is 79.2 Å². The predicted molar refractivity (Wildman–Crippen MR) is 393 cm³/mol. The maximum absolute atomic E-state index is 9.70. The summed E-state index contributed by atoms with van der Waals surface area (Å²) in [6, 6.07) is 47.1. The maximum Gasteiger partial charge on any atom is 0.212 e. The monoisotopic (exact) mass is 1240 g/mol. The van der Waals surface area contributed by atoms with Gasteiger partial charge in [0.05, 0.1) is 78.2 Å². The molecule has 0 N–H and O–H groups in total. The second-order valence-corrected chi connectivity index (χ2v) is 23.0. The van der Waals surface area contributed by atoms with Gasteiger partial charge >= 0.3 is 0 Å². The van der Waals surface area contributed by atoms with Crippen molar-refractivity contribution in [1.29, 1.82) is 0 Å². The Morgan fingerprint density at radius 1 is 0.312 bits per heavy atom. The number of nitrogens with zero attached hydrogens (tertiary/aromatic N) is 6. The van der Waals surface area contributed by atoms with Gasteiger partial charge in [-0.15, -0.1) is 0 Å². The molecule has 5 heterocycles. The van der Waals surface area contributed by atoms with Gasteiger partial charge in [-0.25, -0.2) is 19.8 Å². The molecule has 0 radical (unpaired) electrons. The number of benzene rings is 14. The van der Waals surface area contributed by atoms with Gasteiger partial charge in [0.1, 0.15) is 22.3 Å². The lowest BCUT2D eigenvalue weighted by atomic mass is 9.94. The molecule has 0 amide bonds. The molecule has 8 nitrogen and oxygen atoms in total. The summed E-state index contributed by atoms with van der Waals surface area (Å²) in [4.78, 5) is 20.4. The zero-order valence-electron chi connectivity index (χ0n) is 70.0. The zero-order chi connectivity index (χ0) is 80.8. The van der Waals surface area contributed by atoms with Crippen LogP contribution in [0.5, 0.6) is 0 Å². The van der Waals surface area contributed by atoms with E-state index in [1.165, 1.54) is 0 Å². The average Bonchev–Trinajstić information content (AvgIpc) is 1.52. The molecule has 0 aliphatic rings. The van der Waals surface area contributed by atoms with Crippen molar-refractivity contribution in [3.05, 3.63) is 326 Å². The van der Waals surface area contributed by atoms with Crippen LogP contribution < -0.4 is 0 Å². The maximum atomic E-state index is 9.70. The lowest BCUT2D eigenvalue weighted by molar-refractivity contribution is 0.672. The van der Waals surface area contributed by atoms with Crippen LogP contribution in [0.15, 0.2) is 324 Å². The Labute approximate surface area is 579 Å². The van der Waals surface area contributed by atoms with E-state index in [2.05, 4.69) is 4.85 Å². The summed E-state index contributed by atoms with van der Waals surface area (Å²) in [7, 11) is 0. The highest BCUT2D eigenvalue weighted by molar-refractivity contribution is 6.27. The molecule has 96 heavy (non-hydrogen) atoms. The number of furan rings is 2. The number of aromatic nitrogens is 5. The minimum atomic E-state index is -0.596. The van der Waals surface area contributed by atoms with E-state index in [4.69, 9.17) is 45.7 Å². The highest BCUT2D eigenvalue weighted by Crippen LogP contribution is 2.53. The van der Waals surface area contributed by atoms with E-state index < -0.39 is 121 Å². The Morgan fingerprint density at radius 3 is 1.09 bits per heavy atom. The first-order valence-electron chi connectivity index (χ1n) is 40.5. The number of hydrogen-bond donors (Lipinski definition) is 0. The average molecular weight is 1250 g/mol. The van der Waals surface area contributed by atoms with Crippen LogP contribution in [-0.4, -0.2) is 24.1 Å². The molecule has 0 bridgehead atoms. The summed E-state index contributed by atoms with van der Waals surface area (Å²) in [6.07, 6.45) is 0. The summed E-state index contributed by atoms with van der Waals surface area (Å²) in [5.74, 6) is 0.620. The lowest BCUT2D eigenvalue weighted by Gasteiger charge is -2.24. The van der Waals surface area contributed by atoms with Gasteiger partial charge in [0.2, 0.25) is 5.69 Å². The van der Waals surface area contributed by atoms with E-state index >= 15 is 0 Å². The molecule has 19 rings (SSSR count). The van der Waals surface area contributed by atoms with Gasteiger partial charge in [-0.3, -0.25) is 0 Å². The SMILES string of the molecule is [2H]c1c([2H])c([2H])c(-c2ccc3oc4c(ccc5c4c4cc(-c6c([2H])c([2H])c([2H])c([2H])c6[2H])ccc4n5-c4c([N+]#[C-])cc(-c5nc(-c6ccccc6)nc(-c6ccccc6)n5)c(-n5c6ccc(-c7c([2H])c([2H])c([2H])c([2H])c7[2H])cc6c6c7oc8ccc(-c9c([2H])c([2H])c([2H])c([2H])c9[2H])cc8c7ccc65)c4-c4ccccc4)c3c2)c([2H])c1[2H]. The first-order chi connectivity index (χ1) is 55.8. The Kier molecular flexibility index (Phi) is 8.69. The summed E-state index contributed by atoms with van der Waals surface area (Å²) >= 11 is 0.